The third-order valence-electron chi connectivity index (χ3n) is 6.32. The zero-order valence-electron chi connectivity index (χ0n) is 19.6. The molecule has 1 aliphatic rings. The maximum Gasteiger partial charge on any atom is 0.340 e. The van der Waals surface area contributed by atoms with Crippen molar-refractivity contribution < 1.29 is 19.4 Å². The third-order valence-corrected chi connectivity index (χ3v) is 6.32. The second kappa shape index (κ2) is 10.9. The number of ether oxygens (including phenoxy) is 2. The number of esters is 1. The van der Waals surface area contributed by atoms with Gasteiger partial charge in [0.1, 0.15) is 18.5 Å². The smallest absolute Gasteiger partial charge is 0.340 e. The topological polar surface area (TPSA) is 63.9 Å². The summed E-state index contributed by atoms with van der Waals surface area (Å²) in [6.45, 7) is 7.69. The van der Waals surface area contributed by atoms with Crippen LogP contribution >= 0.6 is 0 Å². The molecule has 4 rings (SSSR count). The first-order chi connectivity index (χ1) is 16.1. The molecule has 6 heteroatoms. The molecule has 2 aromatic carbocycles. The van der Waals surface area contributed by atoms with E-state index in [1.807, 2.05) is 50.2 Å². The Morgan fingerprint density at radius 2 is 1.85 bits per heavy atom. The Kier molecular flexibility index (Phi) is 7.68. The third kappa shape index (κ3) is 5.57. The summed E-state index contributed by atoms with van der Waals surface area (Å²) in [7, 11) is 0. The number of β-amino-alcohol motifs (C(OH)–C–C–N with tert-alkyl or cyclic N) is 1. The Bertz CT molecular complexity index is 1070. The van der Waals surface area contributed by atoms with Gasteiger partial charge in [0.2, 0.25) is 0 Å². The van der Waals surface area contributed by atoms with E-state index < -0.39 is 6.10 Å². The highest BCUT2D eigenvalue weighted by atomic mass is 16.5. The number of hydrogen-bond acceptors (Lipinski definition) is 5. The average molecular weight is 451 g/mol. The monoisotopic (exact) mass is 450 g/mol. The van der Waals surface area contributed by atoms with Crippen LogP contribution in [0.4, 0.5) is 0 Å². The Balaban J connectivity index is 1.57. The van der Waals surface area contributed by atoms with E-state index in [0.717, 1.165) is 35.2 Å². The minimum absolute atomic E-state index is 0.223. The molecule has 1 aliphatic heterocycles. The Morgan fingerprint density at radius 1 is 1.09 bits per heavy atom. The lowest BCUT2D eigenvalue weighted by molar-refractivity contribution is 0.0527. The quantitative estimate of drug-likeness (QED) is 0.490. The summed E-state index contributed by atoms with van der Waals surface area (Å²) < 4.78 is 13.5. The molecule has 1 aromatic heterocycles. The van der Waals surface area contributed by atoms with Crippen LogP contribution in [-0.2, 0) is 11.3 Å². The molecule has 0 aliphatic carbocycles. The van der Waals surface area contributed by atoms with E-state index in [0.29, 0.717) is 31.0 Å². The minimum Gasteiger partial charge on any atom is -0.491 e. The summed E-state index contributed by atoms with van der Waals surface area (Å²) in [4.78, 5) is 15.1. The van der Waals surface area contributed by atoms with Crippen molar-refractivity contribution in [2.75, 3.05) is 32.8 Å². The van der Waals surface area contributed by atoms with E-state index in [-0.39, 0.29) is 12.6 Å². The average Bonchev–Trinajstić information content (AvgIpc) is 3.10. The lowest BCUT2D eigenvalue weighted by Gasteiger charge is -2.28. The second-order valence-electron chi connectivity index (χ2n) is 8.76. The largest absolute Gasteiger partial charge is 0.491 e. The van der Waals surface area contributed by atoms with Gasteiger partial charge in [0.05, 0.1) is 12.2 Å². The first kappa shape index (κ1) is 23.3. The SMILES string of the molecule is CCOC(=O)c1c(C)n(Cc2ccccc2)c2ccc(OC[C@@H](O)CN3CCCCC3)cc12. The predicted molar refractivity (Wildman–Crippen MR) is 130 cm³/mol. The van der Waals surface area contributed by atoms with Crippen molar-refractivity contribution in [3.8, 4) is 5.75 Å². The number of carbonyl (C=O) groups is 1. The van der Waals surface area contributed by atoms with E-state index in [1.54, 1.807) is 0 Å². The van der Waals surface area contributed by atoms with Gasteiger partial charge in [0.15, 0.2) is 0 Å². The van der Waals surface area contributed by atoms with Crippen molar-refractivity contribution in [1.82, 2.24) is 9.47 Å². The van der Waals surface area contributed by atoms with Crippen LogP contribution in [0.5, 0.6) is 5.75 Å². The van der Waals surface area contributed by atoms with Crippen LogP contribution in [0.2, 0.25) is 0 Å². The van der Waals surface area contributed by atoms with Crippen LogP contribution in [0.25, 0.3) is 10.9 Å². The van der Waals surface area contributed by atoms with Gasteiger partial charge in [-0.15, -0.1) is 0 Å². The summed E-state index contributed by atoms with van der Waals surface area (Å²) >= 11 is 0. The van der Waals surface area contributed by atoms with Crippen LogP contribution in [0.3, 0.4) is 0 Å². The lowest BCUT2D eigenvalue weighted by atomic mass is 10.1. The van der Waals surface area contributed by atoms with Crippen molar-refractivity contribution >= 4 is 16.9 Å². The molecule has 1 N–H and O–H groups in total. The highest BCUT2D eigenvalue weighted by Crippen LogP contribution is 2.31. The number of aliphatic hydroxyl groups excluding tert-OH is 1. The minimum atomic E-state index is -0.548. The van der Waals surface area contributed by atoms with Gasteiger partial charge in [-0.05, 0) is 63.5 Å². The Hall–Kier alpha value is -2.83. The number of likely N-dealkylation sites (tertiary alicyclic amines) is 1. The zero-order valence-corrected chi connectivity index (χ0v) is 19.6. The van der Waals surface area contributed by atoms with Gasteiger partial charge in [0, 0.05) is 29.7 Å². The number of piperidine rings is 1. The van der Waals surface area contributed by atoms with Crippen molar-refractivity contribution in [2.45, 2.75) is 45.8 Å². The van der Waals surface area contributed by atoms with Crippen molar-refractivity contribution in [1.29, 1.82) is 0 Å². The van der Waals surface area contributed by atoms with Crippen LogP contribution in [-0.4, -0.2) is 59.5 Å². The summed E-state index contributed by atoms with van der Waals surface area (Å²) in [6.07, 6.45) is 3.11. The molecule has 6 nitrogen and oxygen atoms in total. The molecule has 1 saturated heterocycles. The molecule has 0 unspecified atom stereocenters. The molecule has 0 spiro atoms. The van der Waals surface area contributed by atoms with E-state index in [1.165, 1.54) is 19.3 Å². The second-order valence-corrected chi connectivity index (χ2v) is 8.76. The molecule has 3 aromatic rings. The highest BCUT2D eigenvalue weighted by Gasteiger charge is 2.22. The van der Waals surface area contributed by atoms with E-state index in [4.69, 9.17) is 9.47 Å². The molecule has 0 bridgehead atoms. The van der Waals surface area contributed by atoms with Gasteiger partial charge in [0.25, 0.3) is 0 Å². The number of benzene rings is 2. The van der Waals surface area contributed by atoms with Gasteiger partial charge in [-0.1, -0.05) is 36.8 Å². The van der Waals surface area contributed by atoms with Gasteiger partial charge in [-0.3, -0.25) is 0 Å². The summed E-state index contributed by atoms with van der Waals surface area (Å²) in [5, 5.41) is 11.3. The fourth-order valence-electron chi connectivity index (χ4n) is 4.67. The maximum atomic E-state index is 12.8. The molecule has 0 saturated carbocycles. The predicted octanol–water partition coefficient (Wildman–Crippen LogP) is 4.40. The molecule has 0 amide bonds. The molecule has 33 heavy (non-hydrogen) atoms. The maximum absolute atomic E-state index is 12.8. The molecule has 1 atom stereocenters. The zero-order chi connectivity index (χ0) is 23.2. The summed E-state index contributed by atoms with van der Waals surface area (Å²) in [5.74, 6) is 0.316. The fraction of sp³-hybridized carbons (Fsp3) is 0.444. The molecule has 1 fully saturated rings. The van der Waals surface area contributed by atoms with Gasteiger partial charge in [-0.25, -0.2) is 4.79 Å². The number of nitrogens with zero attached hydrogens (tertiary/aromatic N) is 2. The van der Waals surface area contributed by atoms with Crippen molar-refractivity contribution in [3.05, 3.63) is 65.4 Å². The van der Waals surface area contributed by atoms with E-state index >= 15 is 0 Å². The number of rotatable bonds is 9. The number of aliphatic hydroxyl groups is 1. The van der Waals surface area contributed by atoms with Gasteiger partial charge in [-0.2, -0.15) is 0 Å². The van der Waals surface area contributed by atoms with Crippen LogP contribution in [0.1, 0.15) is 47.8 Å². The van der Waals surface area contributed by atoms with Crippen molar-refractivity contribution in [2.24, 2.45) is 0 Å². The van der Waals surface area contributed by atoms with Crippen LogP contribution < -0.4 is 4.74 Å². The number of aromatic nitrogens is 1. The fourth-order valence-corrected chi connectivity index (χ4v) is 4.67. The Labute approximate surface area is 195 Å². The lowest BCUT2D eigenvalue weighted by Crippen LogP contribution is -2.38. The van der Waals surface area contributed by atoms with Crippen molar-refractivity contribution in [3.63, 3.8) is 0 Å². The Morgan fingerprint density at radius 3 is 2.58 bits per heavy atom. The first-order valence-corrected chi connectivity index (χ1v) is 11.9. The summed E-state index contributed by atoms with van der Waals surface area (Å²) in [5.41, 5.74) is 3.56. The van der Waals surface area contributed by atoms with E-state index in [9.17, 15) is 9.90 Å². The van der Waals surface area contributed by atoms with E-state index in [2.05, 4.69) is 21.6 Å². The van der Waals surface area contributed by atoms with Crippen LogP contribution in [0, 0.1) is 6.92 Å². The van der Waals surface area contributed by atoms with Crippen LogP contribution in [0.15, 0.2) is 48.5 Å². The number of carbonyl (C=O) groups excluding carboxylic acids is 1. The molecule has 176 valence electrons. The summed E-state index contributed by atoms with van der Waals surface area (Å²) in [6, 6.07) is 16.0. The molecular formula is C27H34N2O4. The first-order valence-electron chi connectivity index (χ1n) is 11.9. The van der Waals surface area contributed by atoms with Gasteiger partial charge >= 0.3 is 5.97 Å². The highest BCUT2D eigenvalue weighted by molar-refractivity contribution is 6.06. The number of fused-ring (bicyclic) bond motifs is 1. The molecule has 2 heterocycles. The standard InChI is InChI=1S/C27H34N2O4/c1-3-32-27(31)26-20(2)29(17-21-10-6-4-7-11-21)25-13-12-23(16-24(25)26)33-19-22(30)18-28-14-8-5-9-15-28/h4,6-7,10-13,16,22,30H,3,5,8-9,14-15,17-19H2,1-2H3/t22-/m0/s1. The molecular weight excluding hydrogens is 416 g/mol. The number of hydrogen-bond donors (Lipinski definition) is 1. The van der Waals surface area contributed by atoms with Gasteiger partial charge < -0.3 is 24.0 Å². The molecule has 0 radical (unpaired) electrons. The normalized spacial score (nSPS) is 15.5.